The molecule has 3 aliphatic carbocycles. The summed E-state index contributed by atoms with van der Waals surface area (Å²) in [5.41, 5.74) is 1.28. The predicted molar refractivity (Wildman–Crippen MR) is 93.8 cm³/mol. The van der Waals surface area contributed by atoms with Crippen molar-refractivity contribution in [2.24, 2.45) is 12.5 Å². The molecule has 0 amide bonds. The van der Waals surface area contributed by atoms with Crippen LogP contribution in [0.15, 0.2) is 58.2 Å². The first kappa shape index (κ1) is 13.7. The third kappa shape index (κ3) is 1.06. The van der Waals surface area contributed by atoms with E-state index in [1.54, 1.807) is 16.4 Å². The molecule has 0 N–H and O–H groups in total. The summed E-state index contributed by atoms with van der Waals surface area (Å²) in [6.45, 7) is 2.11. The number of benzene rings is 1. The fourth-order valence-electron chi connectivity index (χ4n) is 6.28. The lowest BCUT2D eigenvalue weighted by Crippen LogP contribution is -2.74. The Morgan fingerprint density at radius 2 is 1.88 bits per heavy atom. The summed E-state index contributed by atoms with van der Waals surface area (Å²) in [5.74, 6) is 0. The normalized spacial score (nSPS) is 38.6. The molecular formula is C20H19N3O2. The van der Waals surface area contributed by atoms with Gasteiger partial charge in [-0.1, -0.05) is 48.6 Å². The molecule has 126 valence electrons. The SMILES string of the molecule is Cn1c(=O)n2n(c1=O)[C@@]1(C)C=C[C@H]2[C@@]23C=C[C@@]21c1ccccc1CC3. The second kappa shape index (κ2) is 3.66. The summed E-state index contributed by atoms with van der Waals surface area (Å²) in [5, 5.41) is 0. The molecule has 1 aromatic carbocycles. The quantitative estimate of drug-likeness (QED) is 0.688. The smallest absolute Gasteiger partial charge is 0.246 e. The zero-order chi connectivity index (χ0) is 17.2. The minimum absolute atomic E-state index is 0.103. The van der Waals surface area contributed by atoms with Gasteiger partial charge in [-0.2, -0.15) is 0 Å². The molecule has 2 aliphatic heterocycles. The number of fused-ring (bicyclic) bond motifs is 1. The average molecular weight is 333 g/mol. The van der Waals surface area contributed by atoms with Gasteiger partial charge in [-0.05, 0) is 30.9 Å². The molecule has 4 atom stereocenters. The molecule has 0 saturated carbocycles. The van der Waals surface area contributed by atoms with Gasteiger partial charge in [0.15, 0.2) is 0 Å². The maximum absolute atomic E-state index is 12.9. The number of aryl methyl sites for hydroxylation is 1. The molecular weight excluding hydrogens is 314 g/mol. The third-order valence-electron chi connectivity index (χ3n) is 7.41. The molecule has 0 fully saturated rings. The fraction of sp³-hybridized carbons (Fsp3) is 0.400. The van der Waals surface area contributed by atoms with Gasteiger partial charge < -0.3 is 0 Å². The molecule has 5 aliphatic rings. The molecule has 5 nitrogen and oxygen atoms in total. The molecule has 1 aromatic heterocycles. The Hall–Kier alpha value is -2.56. The molecule has 0 spiro atoms. The summed E-state index contributed by atoms with van der Waals surface area (Å²) >= 11 is 0. The van der Waals surface area contributed by atoms with E-state index >= 15 is 0 Å². The summed E-state index contributed by atoms with van der Waals surface area (Å²) in [7, 11) is 1.58. The number of nitrogens with zero attached hydrogens (tertiary/aromatic N) is 3. The van der Waals surface area contributed by atoms with E-state index in [0.29, 0.717) is 0 Å². The van der Waals surface area contributed by atoms with Crippen LogP contribution < -0.4 is 11.4 Å². The van der Waals surface area contributed by atoms with Crippen molar-refractivity contribution in [2.45, 2.75) is 36.8 Å². The lowest BCUT2D eigenvalue weighted by molar-refractivity contribution is -0.0557. The molecule has 0 saturated heterocycles. The van der Waals surface area contributed by atoms with E-state index in [0.717, 1.165) is 12.8 Å². The van der Waals surface area contributed by atoms with Gasteiger partial charge in [-0.3, -0.25) is 0 Å². The molecule has 5 heteroatoms. The lowest BCUT2D eigenvalue weighted by atomic mass is 9.37. The van der Waals surface area contributed by atoms with Gasteiger partial charge in [0.05, 0.1) is 17.0 Å². The Morgan fingerprint density at radius 1 is 1.08 bits per heavy atom. The van der Waals surface area contributed by atoms with Crippen LogP contribution in [0.1, 0.15) is 30.5 Å². The number of hydrogen-bond donors (Lipinski definition) is 0. The largest absolute Gasteiger partial charge is 0.347 e. The first-order valence-electron chi connectivity index (χ1n) is 8.87. The van der Waals surface area contributed by atoms with Crippen molar-refractivity contribution in [1.29, 1.82) is 0 Å². The van der Waals surface area contributed by atoms with Gasteiger partial charge in [0.1, 0.15) is 0 Å². The van der Waals surface area contributed by atoms with Crippen LogP contribution in [0.25, 0.3) is 0 Å². The predicted octanol–water partition coefficient (Wildman–Crippen LogP) is 1.63. The number of rotatable bonds is 0. The van der Waals surface area contributed by atoms with Crippen LogP contribution in [-0.2, 0) is 24.4 Å². The fourth-order valence-corrected chi connectivity index (χ4v) is 6.28. The van der Waals surface area contributed by atoms with Crippen molar-refractivity contribution in [1.82, 2.24) is 13.9 Å². The van der Waals surface area contributed by atoms with Gasteiger partial charge >= 0.3 is 11.4 Å². The standard InChI is InChI=1S/C20H19N3O2/c1-18-9-8-15(22-16(24)21(2)17(25)23(18)22)19-10-7-13-5-3-4-6-14(13)20(18,19)12-11-19/h3-6,8-9,11-12,15H,7,10H2,1-2H3/t15-,18-,19+,20-/m0/s1. The van der Waals surface area contributed by atoms with Crippen molar-refractivity contribution in [3.8, 4) is 0 Å². The van der Waals surface area contributed by atoms with Crippen LogP contribution in [0.5, 0.6) is 0 Å². The number of hydrogen-bond acceptors (Lipinski definition) is 2. The summed E-state index contributed by atoms with van der Waals surface area (Å²) in [4.78, 5) is 25.7. The molecule has 25 heavy (non-hydrogen) atoms. The van der Waals surface area contributed by atoms with E-state index in [1.165, 1.54) is 15.7 Å². The Bertz CT molecular complexity index is 1150. The topological polar surface area (TPSA) is 48.9 Å². The monoisotopic (exact) mass is 333 g/mol. The van der Waals surface area contributed by atoms with Gasteiger partial charge in [0.2, 0.25) is 0 Å². The zero-order valence-electron chi connectivity index (χ0n) is 14.3. The maximum atomic E-state index is 12.9. The van der Waals surface area contributed by atoms with Gasteiger partial charge in [0, 0.05) is 12.5 Å². The molecule has 0 radical (unpaired) electrons. The van der Waals surface area contributed by atoms with Crippen LogP contribution in [0.2, 0.25) is 0 Å². The Labute approximate surface area is 144 Å². The third-order valence-corrected chi connectivity index (χ3v) is 7.41. The molecule has 3 heterocycles. The number of aromatic nitrogens is 3. The van der Waals surface area contributed by atoms with E-state index in [1.807, 2.05) is 0 Å². The first-order chi connectivity index (χ1) is 12.0. The lowest BCUT2D eigenvalue weighted by Gasteiger charge is -2.71. The van der Waals surface area contributed by atoms with Crippen molar-refractivity contribution in [2.75, 3.05) is 0 Å². The highest BCUT2D eigenvalue weighted by atomic mass is 16.2. The molecule has 2 bridgehead atoms. The first-order valence-corrected chi connectivity index (χ1v) is 8.87. The highest BCUT2D eigenvalue weighted by molar-refractivity contribution is 5.59. The van der Waals surface area contributed by atoms with Gasteiger partial charge in [-0.25, -0.2) is 23.5 Å². The van der Waals surface area contributed by atoms with E-state index < -0.39 is 5.54 Å². The molecule has 7 rings (SSSR count). The van der Waals surface area contributed by atoms with Crippen LogP contribution in [0, 0.1) is 5.41 Å². The van der Waals surface area contributed by atoms with Crippen molar-refractivity contribution in [3.63, 3.8) is 0 Å². The van der Waals surface area contributed by atoms with E-state index in [-0.39, 0.29) is 28.3 Å². The highest BCUT2D eigenvalue weighted by Crippen LogP contribution is 2.72. The highest BCUT2D eigenvalue weighted by Gasteiger charge is 2.74. The van der Waals surface area contributed by atoms with Crippen LogP contribution in [0.3, 0.4) is 0 Å². The Kier molecular flexibility index (Phi) is 2.01. The molecule has 0 unspecified atom stereocenters. The van der Waals surface area contributed by atoms with E-state index in [9.17, 15) is 9.59 Å². The van der Waals surface area contributed by atoms with E-state index in [4.69, 9.17) is 0 Å². The summed E-state index contributed by atoms with van der Waals surface area (Å²) in [6, 6.07) is 8.49. The van der Waals surface area contributed by atoms with Crippen molar-refractivity contribution >= 4 is 0 Å². The average Bonchev–Trinajstić information content (AvgIpc) is 2.82. The summed E-state index contributed by atoms with van der Waals surface area (Å²) < 4.78 is 4.66. The van der Waals surface area contributed by atoms with Gasteiger partial charge in [-0.15, -0.1) is 0 Å². The second-order valence-corrected chi connectivity index (χ2v) is 8.07. The second-order valence-electron chi connectivity index (χ2n) is 8.07. The van der Waals surface area contributed by atoms with Crippen molar-refractivity contribution in [3.05, 3.63) is 80.7 Å². The van der Waals surface area contributed by atoms with Crippen molar-refractivity contribution < 1.29 is 0 Å². The molecule has 2 aromatic rings. The van der Waals surface area contributed by atoms with E-state index in [2.05, 4.69) is 55.5 Å². The zero-order valence-corrected chi connectivity index (χ0v) is 14.3. The minimum atomic E-state index is -0.579. The Morgan fingerprint density at radius 3 is 2.64 bits per heavy atom. The number of allylic oxidation sites excluding steroid dienone is 4. The minimum Gasteiger partial charge on any atom is -0.246 e. The van der Waals surface area contributed by atoms with Crippen LogP contribution >= 0.6 is 0 Å². The van der Waals surface area contributed by atoms with Crippen LogP contribution in [-0.4, -0.2) is 13.9 Å². The summed E-state index contributed by atoms with van der Waals surface area (Å²) in [6.07, 6.45) is 10.9. The maximum Gasteiger partial charge on any atom is 0.347 e. The van der Waals surface area contributed by atoms with Gasteiger partial charge in [0.25, 0.3) is 0 Å². The van der Waals surface area contributed by atoms with Crippen LogP contribution in [0.4, 0.5) is 0 Å². The Balaban J connectivity index is 1.82.